The van der Waals surface area contributed by atoms with Crippen molar-refractivity contribution in [3.8, 4) is 6.07 Å². The van der Waals surface area contributed by atoms with Gasteiger partial charge in [0.15, 0.2) is 0 Å². The van der Waals surface area contributed by atoms with E-state index in [9.17, 15) is 14.4 Å². The first kappa shape index (κ1) is 17.9. The molecule has 0 aliphatic carbocycles. The number of hydrogen-bond donors (Lipinski definition) is 1. The summed E-state index contributed by atoms with van der Waals surface area (Å²) in [6.07, 6.45) is 0. The van der Waals surface area contributed by atoms with Gasteiger partial charge in [-0.15, -0.1) is 0 Å². The Hall–Kier alpha value is -2.46. The van der Waals surface area contributed by atoms with Gasteiger partial charge in [-0.1, -0.05) is 30.3 Å². The van der Waals surface area contributed by atoms with Crippen LogP contribution in [0.1, 0.15) is 11.1 Å². The normalized spacial score (nSPS) is 11.4. The van der Waals surface area contributed by atoms with E-state index in [4.69, 9.17) is 17.4 Å². The van der Waals surface area contributed by atoms with E-state index in [0.29, 0.717) is 11.1 Å². The van der Waals surface area contributed by atoms with E-state index >= 15 is 0 Å². The molecule has 1 amide bonds. The lowest BCUT2D eigenvalue weighted by atomic mass is 10.1. The van der Waals surface area contributed by atoms with Gasteiger partial charge in [0.2, 0.25) is 0 Å². The fourth-order valence-electron chi connectivity index (χ4n) is 1.91. The zero-order valence-electron chi connectivity index (χ0n) is 12.5. The summed E-state index contributed by atoms with van der Waals surface area (Å²) in [6.45, 7) is 3.83. The molecule has 0 aliphatic heterocycles. The van der Waals surface area contributed by atoms with Gasteiger partial charge in [0.1, 0.15) is 17.5 Å². The lowest BCUT2D eigenvalue weighted by molar-refractivity contribution is -0.127. The highest BCUT2D eigenvalue weighted by atomic mass is 35.5. The van der Waals surface area contributed by atoms with E-state index in [1.165, 1.54) is 35.6 Å². The van der Waals surface area contributed by atoms with Gasteiger partial charge in [0, 0.05) is 0 Å². The fourth-order valence-corrected chi connectivity index (χ4v) is 2.81. The number of nitriles is 1. The summed E-state index contributed by atoms with van der Waals surface area (Å²) in [5.74, 6) is 4.62. The van der Waals surface area contributed by atoms with Crippen molar-refractivity contribution in [1.82, 2.24) is 5.01 Å². The number of nitrogens with zero attached hydrogens (tertiary/aromatic N) is 2. The fraction of sp³-hybridized carbons (Fsp3) is 0.0588. The van der Waals surface area contributed by atoms with Gasteiger partial charge >= 0.3 is 0 Å². The van der Waals surface area contributed by atoms with E-state index in [1.54, 1.807) is 12.1 Å². The largest absolute Gasteiger partial charge is 0.280 e. The molecule has 1 heterocycles. The van der Waals surface area contributed by atoms with Crippen LogP contribution in [0.5, 0.6) is 0 Å². The van der Waals surface area contributed by atoms with Gasteiger partial charge in [0.05, 0.1) is 11.6 Å². The molecule has 2 aromatic rings. The summed E-state index contributed by atoms with van der Waals surface area (Å²) in [5, 5.41) is 13.7. The Bertz CT molecular complexity index is 823. The monoisotopic (exact) mass is 361 g/mol. The molecule has 0 radical (unpaired) electrons. The Labute approximate surface area is 147 Å². The third-order valence-electron chi connectivity index (χ3n) is 3.21. The first-order valence-corrected chi connectivity index (χ1v) is 8.09. The molecule has 1 aromatic carbocycles. The van der Waals surface area contributed by atoms with Gasteiger partial charge in [-0.05, 0) is 45.7 Å². The van der Waals surface area contributed by atoms with Crippen LogP contribution >= 0.6 is 22.9 Å². The predicted molar refractivity (Wildman–Crippen MR) is 93.0 cm³/mol. The molecule has 0 spiro atoms. The van der Waals surface area contributed by atoms with Crippen LogP contribution in [-0.2, 0) is 11.3 Å². The SMILES string of the molecule is C=C(/C(Cl)=C(/C#N)C(=O)N(N)Cc1ccc(F)cc1)c1ccsc1. The van der Waals surface area contributed by atoms with E-state index in [1.807, 2.05) is 10.8 Å². The molecule has 0 unspecified atom stereocenters. The molecule has 0 fully saturated rings. The van der Waals surface area contributed by atoms with E-state index in [0.717, 1.165) is 10.6 Å². The van der Waals surface area contributed by atoms with Gasteiger partial charge in [0.25, 0.3) is 5.91 Å². The highest BCUT2D eigenvalue weighted by Crippen LogP contribution is 2.29. The Morgan fingerprint density at radius 2 is 2.04 bits per heavy atom. The van der Waals surface area contributed by atoms with Crippen molar-refractivity contribution in [2.75, 3.05) is 0 Å². The van der Waals surface area contributed by atoms with Crippen LogP contribution in [0.25, 0.3) is 5.57 Å². The average molecular weight is 362 g/mol. The summed E-state index contributed by atoms with van der Waals surface area (Å²) < 4.78 is 12.9. The molecular formula is C17H13ClFN3OS. The maximum absolute atomic E-state index is 12.9. The van der Waals surface area contributed by atoms with Crippen molar-refractivity contribution in [2.24, 2.45) is 5.84 Å². The van der Waals surface area contributed by atoms with Crippen molar-refractivity contribution in [3.05, 3.63) is 75.2 Å². The second-order valence-corrected chi connectivity index (χ2v) is 6.01. The molecule has 24 heavy (non-hydrogen) atoms. The molecule has 4 nitrogen and oxygen atoms in total. The van der Waals surface area contributed by atoms with E-state index < -0.39 is 5.91 Å². The standard InChI is InChI=1S/C17H13ClFN3OS/c1-11(13-6-7-24-10-13)16(18)15(8-20)17(23)22(21)9-12-2-4-14(19)5-3-12/h2-7,10H,1,9,21H2/b16-15+. The van der Waals surface area contributed by atoms with E-state index in [2.05, 4.69) is 6.58 Å². The van der Waals surface area contributed by atoms with Crippen LogP contribution in [0.15, 0.2) is 58.3 Å². The average Bonchev–Trinajstić information content (AvgIpc) is 3.11. The minimum Gasteiger partial charge on any atom is -0.271 e. The molecule has 0 saturated carbocycles. The number of benzene rings is 1. The molecule has 2 rings (SSSR count). The Balaban J connectivity index is 2.21. The summed E-state index contributed by atoms with van der Waals surface area (Å²) in [7, 11) is 0. The number of carbonyl (C=O) groups excluding carboxylic acids is 1. The lowest BCUT2D eigenvalue weighted by Crippen LogP contribution is -2.37. The maximum atomic E-state index is 12.9. The zero-order chi connectivity index (χ0) is 17.7. The number of hydrogen-bond acceptors (Lipinski definition) is 4. The van der Waals surface area contributed by atoms with Gasteiger partial charge in [-0.2, -0.15) is 16.6 Å². The second-order valence-electron chi connectivity index (χ2n) is 4.85. The summed E-state index contributed by atoms with van der Waals surface area (Å²) in [4.78, 5) is 12.4. The minimum atomic E-state index is -0.733. The minimum absolute atomic E-state index is 0.0133. The van der Waals surface area contributed by atoms with Crippen LogP contribution in [-0.4, -0.2) is 10.9 Å². The van der Waals surface area contributed by atoms with Gasteiger partial charge in [-0.25, -0.2) is 10.2 Å². The topological polar surface area (TPSA) is 70.1 Å². The molecule has 0 atom stereocenters. The number of nitrogens with two attached hydrogens (primary N) is 1. The quantitative estimate of drug-likeness (QED) is 0.220. The van der Waals surface area contributed by atoms with Crippen molar-refractivity contribution in [2.45, 2.75) is 6.54 Å². The zero-order valence-corrected chi connectivity index (χ0v) is 14.1. The van der Waals surface area contributed by atoms with Gasteiger partial charge < -0.3 is 0 Å². The number of thiophene rings is 1. The number of hydrazine groups is 1. The summed E-state index contributed by atoms with van der Waals surface area (Å²) >= 11 is 7.61. The predicted octanol–water partition coefficient (Wildman–Crippen LogP) is 3.82. The molecule has 0 bridgehead atoms. The molecule has 7 heteroatoms. The molecule has 1 aromatic heterocycles. The molecule has 122 valence electrons. The first-order chi connectivity index (χ1) is 11.4. The molecule has 0 saturated heterocycles. The third-order valence-corrected chi connectivity index (χ3v) is 4.31. The maximum Gasteiger partial charge on any atom is 0.280 e. The van der Waals surface area contributed by atoms with Crippen LogP contribution in [0.2, 0.25) is 0 Å². The number of amides is 1. The Kier molecular flexibility index (Phi) is 5.88. The number of carbonyl (C=O) groups is 1. The van der Waals surface area contributed by atoms with E-state index in [-0.39, 0.29) is 23.0 Å². The van der Waals surface area contributed by atoms with Crippen LogP contribution < -0.4 is 5.84 Å². The summed E-state index contributed by atoms with van der Waals surface area (Å²) in [6, 6.07) is 9.10. The number of allylic oxidation sites excluding steroid dienone is 2. The highest BCUT2D eigenvalue weighted by molar-refractivity contribution is 7.08. The smallest absolute Gasteiger partial charge is 0.271 e. The highest BCUT2D eigenvalue weighted by Gasteiger charge is 2.21. The third kappa shape index (κ3) is 4.09. The number of rotatable bonds is 5. The van der Waals surface area contributed by atoms with Crippen LogP contribution in [0, 0.1) is 17.1 Å². The molecular weight excluding hydrogens is 349 g/mol. The van der Waals surface area contributed by atoms with Crippen molar-refractivity contribution >= 4 is 34.4 Å². The van der Waals surface area contributed by atoms with Crippen molar-refractivity contribution in [3.63, 3.8) is 0 Å². The molecule has 2 N–H and O–H groups in total. The Morgan fingerprint density at radius 3 is 2.58 bits per heavy atom. The molecule has 0 aliphatic rings. The Morgan fingerprint density at radius 1 is 1.38 bits per heavy atom. The van der Waals surface area contributed by atoms with Crippen molar-refractivity contribution in [1.29, 1.82) is 5.26 Å². The van der Waals surface area contributed by atoms with Crippen LogP contribution in [0.3, 0.4) is 0 Å². The summed E-state index contributed by atoms with van der Waals surface area (Å²) in [5.41, 5.74) is 1.43. The van der Waals surface area contributed by atoms with Crippen LogP contribution in [0.4, 0.5) is 4.39 Å². The number of halogens is 2. The second kappa shape index (κ2) is 7.88. The lowest BCUT2D eigenvalue weighted by Gasteiger charge is -2.17. The van der Waals surface area contributed by atoms with Gasteiger partial charge in [-0.3, -0.25) is 9.80 Å². The first-order valence-electron chi connectivity index (χ1n) is 6.76. The van der Waals surface area contributed by atoms with Crippen molar-refractivity contribution < 1.29 is 9.18 Å².